The molecular weight excluding hydrogens is 250 g/mol. The third kappa shape index (κ3) is 3.38. The molecule has 0 saturated carbocycles. The molecule has 2 aromatic carbocycles. The van der Waals surface area contributed by atoms with Crippen molar-refractivity contribution in [2.24, 2.45) is 0 Å². The van der Waals surface area contributed by atoms with Crippen molar-refractivity contribution >= 4 is 11.6 Å². The van der Waals surface area contributed by atoms with Gasteiger partial charge in [-0.3, -0.25) is 4.79 Å². The summed E-state index contributed by atoms with van der Waals surface area (Å²) >= 11 is 0. The average Bonchev–Trinajstić information content (AvgIpc) is 2.49. The third-order valence-corrected chi connectivity index (χ3v) is 3.16. The molecule has 0 atom stereocenters. The summed E-state index contributed by atoms with van der Waals surface area (Å²) in [7, 11) is 0. The molecule has 0 spiro atoms. The molecule has 0 heterocycles. The lowest BCUT2D eigenvalue weighted by Crippen LogP contribution is -2.31. The highest BCUT2D eigenvalue weighted by Crippen LogP contribution is 2.19. The lowest BCUT2D eigenvalue weighted by molar-refractivity contribution is 0.0986. The molecule has 0 aliphatic carbocycles. The van der Waals surface area contributed by atoms with Crippen LogP contribution in [0.4, 0.5) is 5.69 Å². The van der Waals surface area contributed by atoms with Crippen LogP contribution in [-0.2, 0) is 0 Å². The standard InChI is InChI=1S/C17H19NO2/c1-2-3-13-18(15-7-5-4-6-8-15)17(20)14-9-11-16(19)12-10-14/h4-12,19H,2-3,13H2,1H3. The Kier molecular flexibility index (Phi) is 4.77. The number of anilines is 1. The van der Waals surface area contributed by atoms with Crippen molar-refractivity contribution in [2.45, 2.75) is 19.8 Å². The van der Waals surface area contributed by atoms with Crippen LogP contribution >= 0.6 is 0 Å². The Labute approximate surface area is 119 Å². The Hall–Kier alpha value is -2.29. The van der Waals surface area contributed by atoms with E-state index in [0.29, 0.717) is 12.1 Å². The number of hydrogen-bond donors (Lipinski definition) is 1. The van der Waals surface area contributed by atoms with Crippen LogP contribution < -0.4 is 4.90 Å². The van der Waals surface area contributed by atoms with Gasteiger partial charge in [-0.15, -0.1) is 0 Å². The Morgan fingerprint density at radius 1 is 1.05 bits per heavy atom. The zero-order valence-corrected chi connectivity index (χ0v) is 11.6. The Bertz CT molecular complexity index is 549. The number of phenolic OH excluding ortho intramolecular Hbond substituents is 1. The third-order valence-electron chi connectivity index (χ3n) is 3.16. The van der Waals surface area contributed by atoms with Gasteiger partial charge in [0.15, 0.2) is 0 Å². The fourth-order valence-corrected chi connectivity index (χ4v) is 2.03. The fraction of sp³-hybridized carbons (Fsp3) is 0.235. The smallest absolute Gasteiger partial charge is 0.258 e. The predicted octanol–water partition coefficient (Wildman–Crippen LogP) is 3.84. The number of unbranched alkanes of at least 4 members (excludes halogenated alkanes) is 1. The second kappa shape index (κ2) is 6.75. The Balaban J connectivity index is 2.26. The molecule has 0 aliphatic heterocycles. The van der Waals surface area contributed by atoms with Crippen molar-refractivity contribution in [3.63, 3.8) is 0 Å². The van der Waals surface area contributed by atoms with Crippen molar-refractivity contribution in [1.82, 2.24) is 0 Å². The molecule has 0 aromatic heterocycles. The van der Waals surface area contributed by atoms with Crippen LogP contribution in [0.5, 0.6) is 5.75 Å². The van der Waals surface area contributed by atoms with Crippen LogP contribution in [0.2, 0.25) is 0 Å². The SMILES string of the molecule is CCCCN(C(=O)c1ccc(O)cc1)c1ccccc1. The van der Waals surface area contributed by atoms with Crippen LogP contribution in [0.25, 0.3) is 0 Å². The number of aromatic hydroxyl groups is 1. The van der Waals surface area contributed by atoms with Crippen LogP contribution in [0, 0.1) is 0 Å². The minimum atomic E-state index is -0.0374. The first kappa shape index (κ1) is 14.1. The van der Waals surface area contributed by atoms with Crippen molar-refractivity contribution in [1.29, 1.82) is 0 Å². The molecule has 0 bridgehead atoms. The largest absolute Gasteiger partial charge is 0.508 e. The number of rotatable bonds is 5. The van der Waals surface area contributed by atoms with Gasteiger partial charge in [0.1, 0.15) is 5.75 Å². The number of nitrogens with zero attached hydrogens (tertiary/aromatic N) is 1. The lowest BCUT2D eigenvalue weighted by atomic mass is 10.1. The van der Waals surface area contributed by atoms with E-state index in [1.54, 1.807) is 17.0 Å². The molecule has 3 nitrogen and oxygen atoms in total. The summed E-state index contributed by atoms with van der Waals surface area (Å²) in [6, 6.07) is 16.1. The van der Waals surface area contributed by atoms with E-state index in [0.717, 1.165) is 18.5 Å². The van der Waals surface area contributed by atoms with E-state index in [1.807, 2.05) is 30.3 Å². The van der Waals surface area contributed by atoms with Gasteiger partial charge in [-0.1, -0.05) is 31.5 Å². The topological polar surface area (TPSA) is 40.5 Å². The van der Waals surface area contributed by atoms with Crippen LogP contribution in [0.15, 0.2) is 54.6 Å². The van der Waals surface area contributed by atoms with Gasteiger partial charge in [-0.2, -0.15) is 0 Å². The number of para-hydroxylation sites is 1. The van der Waals surface area contributed by atoms with Gasteiger partial charge in [0.05, 0.1) is 0 Å². The summed E-state index contributed by atoms with van der Waals surface area (Å²) in [6.45, 7) is 2.80. The van der Waals surface area contributed by atoms with Crippen molar-refractivity contribution in [2.75, 3.05) is 11.4 Å². The maximum absolute atomic E-state index is 12.6. The molecule has 3 heteroatoms. The van der Waals surface area contributed by atoms with E-state index in [-0.39, 0.29) is 11.7 Å². The first-order valence-electron chi connectivity index (χ1n) is 6.88. The quantitative estimate of drug-likeness (QED) is 0.896. The highest BCUT2D eigenvalue weighted by atomic mass is 16.3. The average molecular weight is 269 g/mol. The molecule has 20 heavy (non-hydrogen) atoms. The summed E-state index contributed by atoms with van der Waals surface area (Å²) in [5.41, 5.74) is 1.49. The first-order chi connectivity index (χ1) is 9.72. The van der Waals surface area contributed by atoms with Gasteiger partial charge in [-0.05, 0) is 42.8 Å². The number of hydrogen-bond acceptors (Lipinski definition) is 2. The maximum atomic E-state index is 12.6. The summed E-state index contributed by atoms with van der Waals surface area (Å²) in [4.78, 5) is 14.4. The zero-order valence-electron chi connectivity index (χ0n) is 11.6. The van der Waals surface area contributed by atoms with Crippen LogP contribution in [0.1, 0.15) is 30.1 Å². The Morgan fingerprint density at radius 2 is 1.70 bits per heavy atom. The summed E-state index contributed by atoms with van der Waals surface area (Å²) in [5, 5.41) is 9.31. The molecule has 1 amide bonds. The highest BCUT2D eigenvalue weighted by Gasteiger charge is 2.16. The van der Waals surface area contributed by atoms with E-state index in [2.05, 4.69) is 6.92 Å². The van der Waals surface area contributed by atoms with Crippen LogP contribution in [-0.4, -0.2) is 17.6 Å². The van der Waals surface area contributed by atoms with Gasteiger partial charge in [0.2, 0.25) is 0 Å². The maximum Gasteiger partial charge on any atom is 0.258 e. The number of amides is 1. The second-order valence-corrected chi connectivity index (χ2v) is 4.69. The monoisotopic (exact) mass is 269 g/mol. The first-order valence-corrected chi connectivity index (χ1v) is 6.88. The number of carbonyl (C=O) groups is 1. The predicted molar refractivity (Wildman–Crippen MR) is 81.1 cm³/mol. The van der Waals surface area contributed by atoms with E-state index < -0.39 is 0 Å². The minimum Gasteiger partial charge on any atom is -0.508 e. The number of phenols is 1. The summed E-state index contributed by atoms with van der Waals surface area (Å²) in [5.74, 6) is 0.131. The molecule has 2 aromatic rings. The molecular formula is C17H19NO2. The molecule has 0 fully saturated rings. The molecule has 0 unspecified atom stereocenters. The normalized spacial score (nSPS) is 10.2. The van der Waals surface area contributed by atoms with E-state index in [4.69, 9.17) is 0 Å². The molecule has 0 radical (unpaired) electrons. The fourth-order valence-electron chi connectivity index (χ4n) is 2.03. The Morgan fingerprint density at radius 3 is 2.30 bits per heavy atom. The molecule has 2 rings (SSSR count). The van der Waals surface area contributed by atoms with E-state index in [9.17, 15) is 9.90 Å². The minimum absolute atomic E-state index is 0.0374. The van der Waals surface area contributed by atoms with Gasteiger partial charge in [0, 0.05) is 17.8 Å². The molecule has 104 valence electrons. The second-order valence-electron chi connectivity index (χ2n) is 4.69. The number of carbonyl (C=O) groups excluding carboxylic acids is 1. The molecule has 0 aliphatic rings. The molecule has 0 saturated heterocycles. The lowest BCUT2D eigenvalue weighted by Gasteiger charge is -2.22. The zero-order chi connectivity index (χ0) is 14.4. The van der Waals surface area contributed by atoms with Gasteiger partial charge < -0.3 is 10.0 Å². The van der Waals surface area contributed by atoms with Crippen molar-refractivity contribution in [3.05, 3.63) is 60.2 Å². The van der Waals surface area contributed by atoms with Gasteiger partial charge in [-0.25, -0.2) is 0 Å². The van der Waals surface area contributed by atoms with Crippen molar-refractivity contribution < 1.29 is 9.90 Å². The van der Waals surface area contributed by atoms with Crippen LogP contribution in [0.3, 0.4) is 0 Å². The van der Waals surface area contributed by atoms with E-state index >= 15 is 0 Å². The summed E-state index contributed by atoms with van der Waals surface area (Å²) in [6.07, 6.45) is 1.99. The number of benzene rings is 2. The summed E-state index contributed by atoms with van der Waals surface area (Å²) < 4.78 is 0. The van der Waals surface area contributed by atoms with E-state index in [1.165, 1.54) is 12.1 Å². The molecule has 1 N–H and O–H groups in total. The van der Waals surface area contributed by atoms with Crippen molar-refractivity contribution in [3.8, 4) is 5.75 Å². The van der Waals surface area contributed by atoms with Gasteiger partial charge in [0.25, 0.3) is 5.91 Å². The highest BCUT2D eigenvalue weighted by molar-refractivity contribution is 6.06. The van der Waals surface area contributed by atoms with Gasteiger partial charge >= 0.3 is 0 Å².